The van der Waals surface area contributed by atoms with Crippen molar-refractivity contribution in [3.8, 4) is 0 Å². The van der Waals surface area contributed by atoms with Crippen molar-refractivity contribution >= 4 is 11.8 Å². The number of furan rings is 1. The average molecular weight is 420 g/mol. The standard InChI is InChI=1S/C22H23F3N2O3/c23-22(24,25)16-6-4-15(5-7-16)21(29)27-11-8-14(9-12-27)20(28)26-18-2-1-3-19-17(18)10-13-30-19/h4-7,10,13-14,18H,1-3,8-9,11-12H2,(H,26,28). The highest BCUT2D eigenvalue weighted by molar-refractivity contribution is 5.94. The first-order valence-electron chi connectivity index (χ1n) is 10.2. The summed E-state index contributed by atoms with van der Waals surface area (Å²) in [6, 6.07) is 6.12. The first kappa shape index (κ1) is 20.5. The Morgan fingerprint density at radius 1 is 1.03 bits per heavy atom. The largest absolute Gasteiger partial charge is 0.469 e. The fourth-order valence-corrected chi connectivity index (χ4v) is 4.26. The van der Waals surface area contributed by atoms with Gasteiger partial charge in [-0.05, 0) is 56.0 Å². The minimum absolute atomic E-state index is 0.0179. The van der Waals surface area contributed by atoms with Crippen molar-refractivity contribution in [3.63, 3.8) is 0 Å². The molecule has 1 unspecified atom stereocenters. The lowest BCUT2D eigenvalue weighted by Crippen LogP contribution is -2.44. The number of hydrogen-bond acceptors (Lipinski definition) is 3. The topological polar surface area (TPSA) is 62.6 Å². The Hall–Kier alpha value is -2.77. The number of amides is 2. The van der Waals surface area contributed by atoms with Gasteiger partial charge in [0.25, 0.3) is 5.91 Å². The Kier molecular flexibility index (Phi) is 5.58. The van der Waals surface area contributed by atoms with Crippen LogP contribution in [0, 0.1) is 5.92 Å². The monoisotopic (exact) mass is 420 g/mol. The van der Waals surface area contributed by atoms with Gasteiger partial charge in [0.15, 0.2) is 0 Å². The van der Waals surface area contributed by atoms with Crippen molar-refractivity contribution in [2.45, 2.75) is 44.3 Å². The number of nitrogens with zero attached hydrogens (tertiary/aromatic N) is 1. The summed E-state index contributed by atoms with van der Waals surface area (Å²) in [6.07, 6.45) is 1.02. The zero-order valence-electron chi connectivity index (χ0n) is 16.4. The van der Waals surface area contributed by atoms with Crippen LogP contribution in [0.5, 0.6) is 0 Å². The summed E-state index contributed by atoms with van der Waals surface area (Å²) in [7, 11) is 0. The number of carbonyl (C=O) groups is 2. The molecule has 0 radical (unpaired) electrons. The lowest BCUT2D eigenvalue weighted by molar-refractivity contribution is -0.137. The van der Waals surface area contributed by atoms with Crippen LogP contribution < -0.4 is 5.32 Å². The number of hydrogen-bond donors (Lipinski definition) is 1. The number of carbonyl (C=O) groups excluding carboxylic acids is 2. The predicted molar refractivity (Wildman–Crippen MR) is 103 cm³/mol. The molecule has 2 amide bonds. The van der Waals surface area contributed by atoms with Crippen LogP contribution in [0.1, 0.15) is 59.0 Å². The summed E-state index contributed by atoms with van der Waals surface area (Å²) in [4.78, 5) is 26.9. The van der Waals surface area contributed by atoms with E-state index < -0.39 is 11.7 Å². The Balaban J connectivity index is 1.31. The lowest BCUT2D eigenvalue weighted by atomic mass is 9.91. The van der Waals surface area contributed by atoms with E-state index in [0.29, 0.717) is 25.9 Å². The molecule has 1 aromatic heterocycles. The first-order chi connectivity index (χ1) is 14.3. The molecular formula is C22H23F3N2O3. The highest BCUT2D eigenvalue weighted by Crippen LogP contribution is 2.32. The van der Waals surface area contributed by atoms with Crippen molar-refractivity contribution < 1.29 is 27.2 Å². The molecule has 1 aliphatic carbocycles. The van der Waals surface area contributed by atoms with Gasteiger partial charge in [0.1, 0.15) is 5.76 Å². The smallest absolute Gasteiger partial charge is 0.416 e. The number of likely N-dealkylation sites (tertiary alicyclic amines) is 1. The molecule has 1 N–H and O–H groups in total. The van der Waals surface area contributed by atoms with Gasteiger partial charge >= 0.3 is 6.18 Å². The Morgan fingerprint density at radius 3 is 2.40 bits per heavy atom. The molecule has 0 bridgehead atoms. The van der Waals surface area contributed by atoms with Crippen molar-refractivity contribution in [3.05, 3.63) is 59.0 Å². The highest BCUT2D eigenvalue weighted by atomic mass is 19.4. The number of nitrogens with one attached hydrogen (secondary N) is 1. The van der Waals surface area contributed by atoms with Crippen LogP contribution in [0.4, 0.5) is 13.2 Å². The van der Waals surface area contributed by atoms with Crippen molar-refractivity contribution in [1.82, 2.24) is 10.2 Å². The Bertz CT molecular complexity index is 912. The third kappa shape index (κ3) is 4.22. The molecule has 2 aliphatic rings. The summed E-state index contributed by atoms with van der Waals surface area (Å²) in [5, 5.41) is 3.12. The van der Waals surface area contributed by atoms with E-state index in [9.17, 15) is 22.8 Å². The molecule has 0 saturated carbocycles. The van der Waals surface area contributed by atoms with Crippen LogP contribution in [0.15, 0.2) is 41.0 Å². The first-order valence-corrected chi connectivity index (χ1v) is 10.2. The summed E-state index contributed by atoms with van der Waals surface area (Å²) in [5.74, 6) is 0.427. The molecule has 1 fully saturated rings. The Morgan fingerprint density at radius 2 is 1.73 bits per heavy atom. The lowest BCUT2D eigenvalue weighted by Gasteiger charge is -2.32. The molecule has 8 heteroatoms. The zero-order valence-corrected chi connectivity index (χ0v) is 16.4. The molecule has 1 saturated heterocycles. The number of halogens is 3. The molecular weight excluding hydrogens is 397 g/mol. The second-order valence-corrected chi connectivity index (χ2v) is 7.89. The average Bonchev–Trinajstić information content (AvgIpc) is 3.23. The van der Waals surface area contributed by atoms with Crippen LogP contribution in [0.25, 0.3) is 0 Å². The summed E-state index contributed by atoms with van der Waals surface area (Å²) in [5.41, 5.74) is 0.489. The molecule has 160 valence electrons. The number of fused-ring (bicyclic) bond motifs is 1. The molecule has 0 spiro atoms. The van der Waals surface area contributed by atoms with Gasteiger partial charge in [0.05, 0.1) is 17.9 Å². The molecule has 1 aromatic carbocycles. The van der Waals surface area contributed by atoms with Gasteiger partial charge in [-0.25, -0.2) is 0 Å². The van der Waals surface area contributed by atoms with Crippen molar-refractivity contribution in [2.75, 3.05) is 13.1 Å². The van der Waals surface area contributed by atoms with E-state index in [2.05, 4.69) is 5.32 Å². The molecule has 2 heterocycles. The summed E-state index contributed by atoms with van der Waals surface area (Å²) in [6.45, 7) is 0.805. The van der Waals surface area contributed by atoms with Crippen LogP contribution in [-0.2, 0) is 17.4 Å². The predicted octanol–water partition coefficient (Wildman–Crippen LogP) is 4.34. The molecule has 1 atom stereocenters. The van der Waals surface area contributed by atoms with E-state index in [1.165, 1.54) is 12.1 Å². The van der Waals surface area contributed by atoms with E-state index in [-0.39, 0.29) is 29.3 Å². The number of rotatable bonds is 3. The summed E-state index contributed by atoms with van der Waals surface area (Å²) >= 11 is 0. The highest BCUT2D eigenvalue weighted by Gasteiger charge is 2.32. The number of benzene rings is 1. The minimum atomic E-state index is -4.43. The maximum Gasteiger partial charge on any atom is 0.416 e. The second-order valence-electron chi connectivity index (χ2n) is 7.89. The summed E-state index contributed by atoms with van der Waals surface area (Å²) < 4.78 is 43.5. The number of alkyl halides is 3. The van der Waals surface area contributed by atoms with E-state index >= 15 is 0 Å². The van der Waals surface area contributed by atoms with E-state index in [1.807, 2.05) is 6.07 Å². The normalized spacial score (nSPS) is 20.0. The Labute approximate surface area is 172 Å². The van der Waals surface area contributed by atoms with Gasteiger partial charge in [0, 0.05) is 36.6 Å². The molecule has 1 aliphatic heterocycles. The minimum Gasteiger partial charge on any atom is -0.469 e. The van der Waals surface area contributed by atoms with Crippen molar-refractivity contribution in [2.24, 2.45) is 5.92 Å². The van der Waals surface area contributed by atoms with Crippen LogP contribution >= 0.6 is 0 Å². The van der Waals surface area contributed by atoms with Gasteiger partial charge in [0.2, 0.25) is 5.91 Å². The third-order valence-electron chi connectivity index (χ3n) is 5.98. The van der Waals surface area contributed by atoms with Gasteiger partial charge in [-0.2, -0.15) is 13.2 Å². The molecule has 4 rings (SSSR count). The van der Waals surface area contributed by atoms with E-state index in [4.69, 9.17) is 4.42 Å². The van der Waals surface area contributed by atoms with Crippen LogP contribution in [0.2, 0.25) is 0 Å². The molecule has 30 heavy (non-hydrogen) atoms. The molecule has 5 nitrogen and oxygen atoms in total. The fourth-order valence-electron chi connectivity index (χ4n) is 4.26. The maximum absolute atomic E-state index is 12.7. The van der Waals surface area contributed by atoms with Gasteiger partial charge < -0.3 is 14.6 Å². The van der Waals surface area contributed by atoms with Crippen LogP contribution in [-0.4, -0.2) is 29.8 Å². The van der Waals surface area contributed by atoms with Gasteiger partial charge in [-0.3, -0.25) is 9.59 Å². The number of piperidine rings is 1. The molecule has 2 aromatic rings. The fraction of sp³-hybridized carbons (Fsp3) is 0.455. The quantitative estimate of drug-likeness (QED) is 0.803. The second kappa shape index (κ2) is 8.16. The van der Waals surface area contributed by atoms with Crippen molar-refractivity contribution in [1.29, 1.82) is 0 Å². The van der Waals surface area contributed by atoms with E-state index in [1.54, 1.807) is 11.2 Å². The van der Waals surface area contributed by atoms with Gasteiger partial charge in [-0.1, -0.05) is 0 Å². The maximum atomic E-state index is 12.7. The number of aryl methyl sites for hydroxylation is 1. The zero-order chi connectivity index (χ0) is 21.3. The third-order valence-corrected chi connectivity index (χ3v) is 5.98. The van der Waals surface area contributed by atoms with E-state index in [0.717, 1.165) is 42.7 Å². The van der Waals surface area contributed by atoms with Crippen LogP contribution in [0.3, 0.4) is 0 Å². The van der Waals surface area contributed by atoms with Gasteiger partial charge in [-0.15, -0.1) is 0 Å². The SMILES string of the molecule is O=C(NC1CCCc2occc21)C1CCN(C(=O)c2ccc(C(F)(F)F)cc2)CC1.